The second-order valence-corrected chi connectivity index (χ2v) is 7.37. The summed E-state index contributed by atoms with van der Waals surface area (Å²) in [5.41, 5.74) is 3.35. The molecule has 0 aliphatic carbocycles. The number of furan rings is 1. The molecule has 1 amide bonds. The van der Waals surface area contributed by atoms with Gasteiger partial charge in [0.2, 0.25) is 5.91 Å². The maximum Gasteiger partial charge on any atom is 0.233 e. The molecular formula is C18H15N3O2S2. The minimum absolute atomic E-state index is 0.0547. The molecule has 0 saturated carbocycles. The summed E-state index contributed by atoms with van der Waals surface area (Å²) < 4.78 is 5.89. The van der Waals surface area contributed by atoms with E-state index in [1.165, 1.54) is 18.1 Å². The summed E-state index contributed by atoms with van der Waals surface area (Å²) >= 11 is 3.02. The van der Waals surface area contributed by atoms with E-state index in [1.54, 1.807) is 16.2 Å². The van der Waals surface area contributed by atoms with Crippen molar-refractivity contribution in [1.29, 1.82) is 0 Å². The normalized spacial score (nSPS) is 11.2. The minimum atomic E-state index is 0.0547. The Morgan fingerprint density at radius 2 is 2.16 bits per heavy atom. The molecule has 4 aromatic rings. The van der Waals surface area contributed by atoms with Gasteiger partial charge in [-0.3, -0.25) is 4.79 Å². The van der Waals surface area contributed by atoms with Crippen LogP contribution in [0, 0.1) is 0 Å². The predicted molar refractivity (Wildman–Crippen MR) is 101 cm³/mol. The van der Waals surface area contributed by atoms with Gasteiger partial charge in [0.25, 0.3) is 0 Å². The molecule has 0 unspecified atom stereocenters. The maximum absolute atomic E-state index is 12.4. The SMILES string of the molecule is CN(Cc1ccsc1)C(=O)CSc1ncnc2c1oc1ccccc12. The lowest BCUT2D eigenvalue weighted by Crippen LogP contribution is -2.27. The van der Waals surface area contributed by atoms with E-state index in [9.17, 15) is 4.79 Å². The van der Waals surface area contributed by atoms with Gasteiger partial charge in [0, 0.05) is 19.0 Å². The molecule has 0 aliphatic rings. The van der Waals surface area contributed by atoms with Crippen LogP contribution in [0.25, 0.3) is 22.1 Å². The second kappa shape index (κ2) is 6.85. The molecule has 7 heteroatoms. The Morgan fingerprint density at radius 1 is 1.28 bits per heavy atom. The Hall–Kier alpha value is -2.38. The molecule has 5 nitrogen and oxygen atoms in total. The number of thiophene rings is 1. The Bertz CT molecular complexity index is 1030. The highest BCUT2D eigenvalue weighted by atomic mass is 32.2. The summed E-state index contributed by atoms with van der Waals surface area (Å²) in [5.74, 6) is 0.364. The lowest BCUT2D eigenvalue weighted by atomic mass is 10.2. The van der Waals surface area contributed by atoms with E-state index in [4.69, 9.17) is 4.42 Å². The summed E-state index contributed by atoms with van der Waals surface area (Å²) in [5, 5.41) is 5.72. The van der Waals surface area contributed by atoms with Crippen LogP contribution in [0.2, 0.25) is 0 Å². The summed E-state index contributed by atoms with van der Waals surface area (Å²) in [7, 11) is 1.82. The fraction of sp³-hybridized carbons (Fsp3) is 0.167. The van der Waals surface area contributed by atoms with Gasteiger partial charge in [0.15, 0.2) is 5.58 Å². The highest BCUT2D eigenvalue weighted by molar-refractivity contribution is 8.00. The summed E-state index contributed by atoms with van der Waals surface area (Å²) in [6.45, 7) is 0.618. The number of thioether (sulfide) groups is 1. The number of hydrogen-bond acceptors (Lipinski definition) is 6. The maximum atomic E-state index is 12.4. The van der Waals surface area contributed by atoms with E-state index in [2.05, 4.69) is 15.3 Å². The van der Waals surface area contributed by atoms with Gasteiger partial charge in [-0.25, -0.2) is 9.97 Å². The van der Waals surface area contributed by atoms with Crippen LogP contribution in [0.3, 0.4) is 0 Å². The summed E-state index contributed by atoms with van der Waals surface area (Å²) in [4.78, 5) is 22.7. The van der Waals surface area contributed by atoms with Crippen molar-refractivity contribution in [2.45, 2.75) is 11.6 Å². The van der Waals surface area contributed by atoms with Crippen LogP contribution in [0.15, 0.2) is 56.9 Å². The Balaban J connectivity index is 1.52. The quantitative estimate of drug-likeness (QED) is 0.390. The zero-order chi connectivity index (χ0) is 17.2. The molecule has 126 valence electrons. The van der Waals surface area contributed by atoms with Crippen molar-refractivity contribution >= 4 is 51.1 Å². The molecule has 0 saturated heterocycles. The van der Waals surface area contributed by atoms with Crippen molar-refractivity contribution < 1.29 is 9.21 Å². The number of nitrogens with zero attached hydrogens (tertiary/aromatic N) is 3. The van der Waals surface area contributed by atoms with E-state index in [0.29, 0.717) is 22.9 Å². The molecule has 0 aliphatic heterocycles. The number of carbonyl (C=O) groups is 1. The van der Waals surface area contributed by atoms with Crippen LogP contribution < -0.4 is 0 Å². The minimum Gasteiger partial charge on any atom is -0.451 e. The lowest BCUT2D eigenvalue weighted by molar-refractivity contribution is -0.127. The zero-order valence-electron chi connectivity index (χ0n) is 13.5. The third-order valence-electron chi connectivity index (χ3n) is 3.88. The molecule has 0 radical (unpaired) electrons. The Morgan fingerprint density at radius 3 is 3.00 bits per heavy atom. The van der Waals surface area contributed by atoms with Gasteiger partial charge >= 0.3 is 0 Å². The molecule has 1 aromatic carbocycles. The average Bonchev–Trinajstić information content (AvgIpc) is 3.27. The molecule has 0 fully saturated rings. The van der Waals surface area contributed by atoms with Gasteiger partial charge in [-0.15, -0.1) is 0 Å². The number of fused-ring (bicyclic) bond motifs is 3. The largest absolute Gasteiger partial charge is 0.451 e. The molecule has 0 bridgehead atoms. The first-order valence-corrected chi connectivity index (χ1v) is 9.65. The van der Waals surface area contributed by atoms with E-state index < -0.39 is 0 Å². The number of aromatic nitrogens is 2. The van der Waals surface area contributed by atoms with Gasteiger partial charge in [0.05, 0.1) is 5.75 Å². The first kappa shape index (κ1) is 16.1. The summed E-state index contributed by atoms with van der Waals surface area (Å²) in [6.07, 6.45) is 1.52. The van der Waals surface area contributed by atoms with Crippen LogP contribution in [0.5, 0.6) is 0 Å². The van der Waals surface area contributed by atoms with Gasteiger partial charge in [-0.05, 0) is 34.5 Å². The van der Waals surface area contributed by atoms with Crippen molar-refractivity contribution in [3.8, 4) is 0 Å². The van der Waals surface area contributed by atoms with Crippen molar-refractivity contribution in [1.82, 2.24) is 14.9 Å². The monoisotopic (exact) mass is 369 g/mol. The molecular weight excluding hydrogens is 354 g/mol. The zero-order valence-corrected chi connectivity index (χ0v) is 15.1. The third-order valence-corrected chi connectivity index (χ3v) is 5.57. The lowest BCUT2D eigenvalue weighted by Gasteiger charge is -2.15. The molecule has 0 N–H and O–H groups in total. The molecule has 25 heavy (non-hydrogen) atoms. The van der Waals surface area contributed by atoms with Crippen LogP contribution >= 0.6 is 23.1 Å². The molecule has 3 aromatic heterocycles. The second-order valence-electron chi connectivity index (χ2n) is 5.62. The third kappa shape index (κ3) is 3.25. The molecule has 0 atom stereocenters. The van der Waals surface area contributed by atoms with Crippen LogP contribution in [-0.2, 0) is 11.3 Å². The number of hydrogen-bond donors (Lipinski definition) is 0. The first-order chi connectivity index (χ1) is 12.2. The van der Waals surface area contributed by atoms with E-state index in [1.807, 2.05) is 42.8 Å². The van der Waals surface area contributed by atoms with Crippen molar-refractivity contribution in [3.05, 3.63) is 53.0 Å². The predicted octanol–water partition coefficient (Wildman–Crippen LogP) is 4.19. The standard InChI is InChI=1S/C18H15N3O2S2/c1-21(8-12-6-7-24-9-12)15(22)10-25-18-17-16(19-11-20-18)13-4-2-3-5-14(13)23-17/h2-7,9,11H,8,10H2,1H3. The average molecular weight is 369 g/mol. The fourth-order valence-corrected chi connectivity index (χ4v) is 4.12. The van der Waals surface area contributed by atoms with Crippen LogP contribution in [0.1, 0.15) is 5.56 Å². The highest BCUT2D eigenvalue weighted by Gasteiger charge is 2.16. The molecule has 0 spiro atoms. The van der Waals surface area contributed by atoms with Crippen LogP contribution in [0.4, 0.5) is 0 Å². The number of amides is 1. The van der Waals surface area contributed by atoms with E-state index in [-0.39, 0.29) is 5.91 Å². The topological polar surface area (TPSA) is 59.2 Å². The Labute approximate surface area is 152 Å². The van der Waals surface area contributed by atoms with Gasteiger partial charge in [0.1, 0.15) is 22.5 Å². The summed E-state index contributed by atoms with van der Waals surface area (Å²) in [6, 6.07) is 9.79. The number of carbonyl (C=O) groups excluding carboxylic acids is 1. The van der Waals surface area contributed by atoms with Gasteiger partial charge in [-0.2, -0.15) is 11.3 Å². The first-order valence-electron chi connectivity index (χ1n) is 7.72. The molecule has 3 heterocycles. The van der Waals surface area contributed by atoms with Gasteiger partial charge < -0.3 is 9.32 Å². The van der Waals surface area contributed by atoms with E-state index >= 15 is 0 Å². The van der Waals surface area contributed by atoms with Crippen molar-refractivity contribution in [2.24, 2.45) is 0 Å². The van der Waals surface area contributed by atoms with E-state index in [0.717, 1.165) is 22.0 Å². The Kier molecular flexibility index (Phi) is 4.42. The van der Waals surface area contributed by atoms with Crippen LogP contribution in [-0.4, -0.2) is 33.6 Å². The van der Waals surface area contributed by atoms with Crippen molar-refractivity contribution in [3.63, 3.8) is 0 Å². The van der Waals surface area contributed by atoms with Gasteiger partial charge in [-0.1, -0.05) is 23.9 Å². The number of benzene rings is 1. The number of para-hydroxylation sites is 1. The fourth-order valence-electron chi connectivity index (χ4n) is 2.59. The highest BCUT2D eigenvalue weighted by Crippen LogP contribution is 2.32. The van der Waals surface area contributed by atoms with Crippen molar-refractivity contribution in [2.75, 3.05) is 12.8 Å². The molecule has 4 rings (SSSR count). The number of rotatable bonds is 5. The smallest absolute Gasteiger partial charge is 0.233 e.